The molecular formula is C22H23N7O2S. The zero-order chi connectivity index (χ0) is 22.3. The highest BCUT2D eigenvalue weighted by Gasteiger charge is 2.33. The van der Waals surface area contributed by atoms with Crippen molar-refractivity contribution in [2.45, 2.75) is 30.7 Å². The summed E-state index contributed by atoms with van der Waals surface area (Å²) < 4.78 is 28.7. The smallest absolute Gasteiger partial charge is 0.264 e. The molecule has 0 saturated heterocycles. The Hall–Kier alpha value is -3.66. The molecule has 10 heteroatoms. The number of para-hydroxylation sites is 1. The maximum Gasteiger partial charge on any atom is 0.264 e. The molecule has 1 aliphatic rings. The Balaban J connectivity index is 1.52. The quantitative estimate of drug-likeness (QED) is 0.427. The van der Waals surface area contributed by atoms with E-state index in [2.05, 4.69) is 25.5 Å². The molecule has 1 atom stereocenters. The van der Waals surface area contributed by atoms with E-state index in [1.807, 2.05) is 43.3 Å². The molecule has 0 bridgehead atoms. The molecular weight excluding hydrogens is 426 g/mol. The number of nitrogens with two attached hydrogens (primary N) is 1. The van der Waals surface area contributed by atoms with Crippen LogP contribution in [-0.2, 0) is 22.9 Å². The van der Waals surface area contributed by atoms with Crippen molar-refractivity contribution < 1.29 is 8.42 Å². The highest BCUT2D eigenvalue weighted by Crippen LogP contribution is 2.33. The van der Waals surface area contributed by atoms with Crippen LogP contribution in [0.5, 0.6) is 0 Å². The van der Waals surface area contributed by atoms with Crippen LogP contribution < -0.4 is 15.4 Å². The van der Waals surface area contributed by atoms with E-state index in [-0.39, 0.29) is 23.4 Å². The Kier molecular flexibility index (Phi) is 4.93. The predicted molar refractivity (Wildman–Crippen MR) is 124 cm³/mol. The van der Waals surface area contributed by atoms with Crippen molar-refractivity contribution >= 4 is 38.5 Å². The molecule has 1 aliphatic heterocycles. The lowest BCUT2D eigenvalue weighted by molar-refractivity contribution is 0.581. The number of hydrogen-bond donors (Lipinski definition) is 3. The number of benzene rings is 2. The van der Waals surface area contributed by atoms with E-state index in [1.165, 1.54) is 4.31 Å². The first-order chi connectivity index (χ1) is 15.5. The summed E-state index contributed by atoms with van der Waals surface area (Å²) in [7, 11) is -3.75. The van der Waals surface area contributed by atoms with Crippen molar-refractivity contribution in [1.29, 1.82) is 0 Å². The minimum Gasteiger partial charge on any atom is -0.368 e. The molecule has 0 spiro atoms. The average molecular weight is 450 g/mol. The number of rotatable bonds is 5. The second kappa shape index (κ2) is 7.79. The van der Waals surface area contributed by atoms with E-state index in [0.717, 1.165) is 17.5 Å². The van der Waals surface area contributed by atoms with Gasteiger partial charge in [0.15, 0.2) is 5.65 Å². The molecule has 4 aromatic rings. The van der Waals surface area contributed by atoms with Crippen molar-refractivity contribution in [2.75, 3.05) is 21.9 Å². The van der Waals surface area contributed by atoms with E-state index < -0.39 is 10.0 Å². The number of nitrogens with zero attached hydrogens (tertiary/aromatic N) is 4. The molecule has 1 unspecified atom stereocenters. The molecule has 2 aromatic carbocycles. The molecule has 0 radical (unpaired) electrons. The van der Waals surface area contributed by atoms with Crippen molar-refractivity contribution in [1.82, 2.24) is 20.2 Å². The molecule has 4 N–H and O–H groups in total. The van der Waals surface area contributed by atoms with Crippen LogP contribution in [-0.4, -0.2) is 41.2 Å². The number of fused-ring (bicyclic) bond motifs is 2. The predicted octanol–water partition coefficient (Wildman–Crippen LogP) is 2.73. The van der Waals surface area contributed by atoms with Gasteiger partial charge in [0.1, 0.15) is 5.82 Å². The standard InChI is InChI=1S/C22H23N7O2S/c1-2-14-7-9-17(10-8-14)32(30,31)29-13-16(11-15-5-3-4-6-19(15)29)25-20-18-12-24-28-21(18)27-22(23)26-20/h3-10,12,16H,2,11,13H2,1H3,(H4,23,24,25,26,27,28). The van der Waals surface area contributed by atoms with Gasteiger partial charge < -0.3 is 11.1 Å². The molecule has 5 rings (SSSR count). The van der Waals surface area contributed by atoms with Gasteiger partial charge in [-0.15, -0.1) is 0 Å². The van der Waals surface area contributed by atoms with Crippen molar-refractivity contribution in [3.8, 4) is 0 Å². The molecule has 2 aromatic heterocycles. The van der Waals surface area contributed by atoms with Gasteiger partial charge in [-0.3, -0.25) is 9.40 Å². The van der Waals surface area contributed by atoms with Crippen LogP contribution in [0.2, 0.25) is 0 Å². The van der Waals surface area contributed by atoms with Crippen LogP contribution in [0.4, 0.5) is 17.5 Å². The third kappa shape index (κ3) is 3.52. The second-order valence-electron chi connectivity index (χ2n) is 7.77. The minimum absolute atomic E-state index is 0.112. The van der Waals surface area contributed by atoms with Crippen LogP contribution in [0, 0.1) is 0 Å². The van der Waals surface area contributed by atoms with Gasteiger partial charge in [-0.1, -0.05) is 37.3 Å². The fourth-order valence-electron chi connectivity index (χ4n) is 4.06. The third-order valence-electron chi connectivity index (χ3n) is 5.70. The average Bonchev–Trinajstić information content (AvgIpc) is 3.27. The number of anilines is 3. The normalized spacial score (nSPS) is 16.2. The van der Waals surface area contributed by atoms with E-state index in [0.29, 0.717) is 29.0 Å². The molecule has 164 valence electrons. The van der Waals surface area contributed by atoms with Crippen molar-refractivity contribution in [3.63, 3.8) is 0 Å². The van der Waals surface area contributed by atoms with Crippen LogP contribution >= 0.6 is 0 Å². The summed E-state index contributed by atoms with van der Waals surface area (Å²) in [4.78, 5) is 8.72. The van der Waals surface area contributed by atoms with Gasteiger partial charge in [0.2, 0.25) is 5.95 Å². The van der Waals surface area contributed by atoms with Gasteiger partial charge in [0.05, 0.1) is 34.8 Å². The zero-order valence-electron chi connectivity index (χ0n) is 17.5. The Morgan fingerprint density at radius 3 is 2.72 bits per heavy atom. The van der Waals surface area contributed by atoms with Crippen molar-refractivity contribution in [3.05, 3.63) is 65.9 Å². The summed E-state index contributed by atoms with van der Waals surface area (Å²) in [6, 6.07) is 14.4. The maximum atomic E-state index is 13.6. The number of aromatic nitrogens is 4. The number of aryl methyl sites for hydroxylation is 1. The van der Waals surface area contributed by atoms with Gasteiger partial charge >= 0.3 is 0 Å². The highest BCUT2D eigenvalue weighted by molar-refractivity contribution is 7.92. The van der Waals surface area contributed by atoms with E-state index in [4.69, 9.17) is 5.73 Å². The number of nitrogens with one attached hydrogen (secondary N) is 2. The van der Waals surface area contributed by atoms with Gasteiger partial charge in [-0.05, 0) is 42.2 Å². The largest absolute Gasteiger partial charge is 0.368 e. The lowest BCUT2D eigenvalue weighted by Crippen LogP contribution is -2.45. The number of H-pyrrole nitrogens is 1. The van der Waals surface area contributed by atoms with Crippen molar-refractivity contribution in [2.24, 2.45) is 0 Å². The summed E-state index contributed by atoms with van der Waals surface area (Å²) in [5.74, 6) is 0.635. The van der Waals surface area contributed by atoms with Crippen LogP contribution in [0.3, 0.4) is 0 Å². The van der Waals surface area contributed by atoms with Crippen LogP contribution in [0.1, 0.15) is 18.1 Å². The highest BCUT2D eigenvalue weighted by atomic mass is 32.2. The van der Waals surface area contributed by atoms with E-state index in [9.17, 15) is 8.42 Å². The number of nitrogen functional groups attached to an aromatic ring is 1. The van der Waals surface area contributed by atoms with E-state index in [1.54, 1.807) is 18.3 Å². The molecule has 0 fully saturated rings. The maximum absolute atomic E-state index is 13.6. The molecule has 0 saturated carbocycles. The summed E-state index contributed by atoms with van der Waals surface area (Å²) in [5, 5.41) is 10.9. The number of hydrogen-bond acceptors (Lipinski definition) is 7. The molecule has 0 amide bonds. The summed E-state index contributed by atoms with van der Waals surface area (Å²) in [6.07, 6.45) is 3.11. The van der Waals surface area contributed by atoms with Gasteiger partial charge in [0.25, 0.3) is 10.0 Å². The Bertz CT molecular complexity index is 1380. The van der Waals surface area contributed by atoms with E-state index >= 15 is 0 Å². The summed E-state index contributed by atoms with van der Waals surface area (Å²) >= 11 is 0. The first-order valence-corrected chi connectivity index (χ1v) is 11.8. The van der Waals surface area contributed by atoms with Gasteiger partial charge in [0, 0.05) is 0 Å². The first kappa shape index (κ1) is 20.3. The van der Waals surface area contributed by atoms with Crippen LogP contribution in [0.15, 0.2) is 59.6 Å². The lowest BCUT2D eigenvalue weighted by atomic mass is 9.99. The first-order valence-electron chi connectivity index (χ1n) is 10.4. The summed E-state index contributed by atoms with van der Waals surface area (Å²) in [5.41, 5.74) is 9.10. The Morgan fingerprint density at radius 2 is 1.94 bits per heavy atom. The molecule has 32 heavy (non-hydrogen) atoms. The Morgan fingerprint density at radius 1 is 1.16 bits per heavy atom. The SMILES string of the molecule is CCc1ccc(S(=O)(=O)N2CC(Nc3nc(N)nc4[nH]ncc34)Cc3ccccc32)cc1. The zero-order valence-corrected chi connectivity index (χ0v) is 18.3. The number of aromatic amines is 1. The summed E-state index contributed by atoms with van der Waals surface area (Å²) in [6.45, 7) is 2.29. The topological polar surface area (TPSA) is 130 Å². The Labute approximate surface area is 185 Å². The third-order valence-corrected chi connectivity index (χ3v) is 7.49. The monoisotopic (exact) mass is 449 g/mol. The van der Waals surface area contributed by atoms with Crippen LogP contribution in [0.25, 0.3) is 11.0 Å². The molecule has 0 aliphatic carbocycles. The lowest BCUT2D eigenvalue weighted by Gasteiger charge is -2.35. The molecule has 9 nitrogen and oxygen atoms in total. The van der Waals surface area contributed by atoms with Gasteiger partial charge in [-0.2, -0.15) is 15.1 Å². The minimum atomic E-state index is -3.75. The number of sulfonamides is 1. The second-order valence-corrected chi connectivity index (χ2v) is 9.63. The fourth-order valence-corrected chi connectivity index (χ4v) is 5.61. The fraction of sp³-hybridized carbons (Fsp3) is 0.227. The van der Waals surface area contributed by atoms with Gasteiger partial charge in [-0.25, -0.2) is 8.42 Å². The molecule has 3 heterocycles.